The van der Waals surface area contributed by atoms with E-state index in [9.17, 15) is 9.90 Å². The van der Waals surface area contributed by atoms with E-state index in [1.54, 1.807) is 7.11 Å². The standard InChI is InChI=1S/C22H33N5O3/c1-16(2)7-13-27-19(6-10-24-27)20-21(25-18(15-23-20)5-4-14-30-3)26-11-8-17(9-12-26)22(28)29/h6,10,15-17H,4-5,7-9,11-14H2,1-3H3,(H,28,29). The summed E-state index contributed by atoms with van der Waals surface area (Å²) in [5.41, 5.74) is 2.71. The van der Waals surface area contributed by atoms with Crippen LogP contribution in [0.25, 0.3) is 11.4 Å². The molecule has 3 rings (SSSR count). The summed E-state index contributed by atoms with van der Waals surface area (Å²) in [6, 6.07) is 1.99. The topological polar surface area (TPSA) is 93.4 Å². The Labute approximate surface area is 178 Å². The number of aromatic nitrogens is 4. The van der Waals surface area contributed by atoms with Crippen molar-refractivity contribution < 1.29 is 14.6 Å². The van der Waals surface area contributed by atoms with Crippen LogP contribution in [0.2, 0.25) is 0 Å². The van der Waals surface area contributed by atoms with E-state index in [0.29, 0.717) is 38.5 Å². The Balaban J connectivity index is 1.89. The van der Waals surface area contributed by atoms with E-state index in [4.69, 9.17) is 14.7 Å². The number of piperidine rings is 1. The van der Waals surface area contributed by atoms with Crippen LogP contribution in [0.1, 0.15) is 45.2 Å². The fourth-order valence-electron chi connectivity index (χ4n) is 3.76. The maximum Gasteiger partial charge on any atom is 0.306 e. The molecule has 0 aliphatic carbocycles. The molecule has 8 heteroatoms. The van der Waals surface area contributed by atoms with E-state index >= 15 is 0 Å². The number of carboxylic acid groups (broad SMARTS) is 1. The van der Waals surface area contributed by atoms with Crippen molar-refractivity contribution in [2.75, 3.05) is 31.7 Å². The van der Waals surface area contributed by atoms with Gasteiger partial charge in [0.15, 0.2) is 5.82 Å². The van der Waals surface area contributed by atoms with Gasteiger partial charge in [-0.1, -0.05) is 13.8 Å². The molecule has 164 valence electrons. The van der Waals surface area contributed by atoms with Gasteiger partial charge in [-0.2, -0.15) is 5.10 Å². The molecule has 8 nitrogen and oxygen atoms in total. The molecule has 1 saturated heterocycles. The molecule has 1 aliphatic rings. The maximum absolute atomic E-state index is 11.4. The summed E-state index contributed by atoms with van der Waals surface area (Å²) >= 11 is 0. The highest BCUT2D eigenvalue weighted by molar-refractivity contribution is 5.72. The molecule has 0 spiro atoms. The number of anilines is 1. The highest BCUT2D eigenvalue weighted by atomic mass is 16.5. The number of rotatable bonds is 10. The zero-order chi connectivity index (χ0) is 21.5. The number of aryl methyl sites for hydroxylation is 2. The van der Waals surface area contributed by atoms with Crippen LogP contribution in [-0.4, -0.2) is 57.6 Å². The molecular weight excluding hydrogens is 382 g/mol. The lowest BCUT2D eigenvalue weighted by Gasteiger charge is -2.32. The van der Waals surface area contributed by atoms with Gasteiger partial charge in [0.05, 0.1) is 17.3 Å². The third-order valence-corrected chi connectivity index (χ3v) is 5.61. The first-order valence-electron chi connectivity index (χ1n) is 10.8. The highest BCUT2D eigenvalue weighted by Gasteiger charge is 2.28. The van der Waals surface area contributed by atoms with Crippen molar-refractivity contribution >= 4 is 11.8 Å². The van der Waals surface area contributed by atoms with Gasteiger partial charge in [0, 0.05) is 45.7 Å². The largest absolute Gasteiger partial charge is 0.481 e. The first-order valence-corrected chi connectivity index (χ1v) is 10.8. The number of methoxy groups -OCH3 is 1. The zero-order valence-electron chi connectivity index (χ0n) is 18.3. The lowest BCUT2D eigenvalue weighted by molar-refractivity contribution is -0.142. The van der Waals surface area contributed by atoms with Gasteiger partial charge in [0.25, 0.3) is 0 Å². The lowest BCUT2D eigenvalue weighted by Crippen LogP contribution is -2.37. The molecule has 0 amide bonds. The molecule has 0 bridgehead atoms. The van der Waals surface area contributed by atoms with Crippen LogP contribution in [0.15, 0.2) is 18.5 Å². The Morgan fingerprint density at radius 1 is 1.33 bits per heavy atom. The number of aliphatic carboxylic acids is 1. The molecule has 2 aromatic rings. The number of carbonyl (C=O) groups is 1. The summed E-state index contributed by atoms with van der Waals surface area (Å²) in [6.07, 6.45) is 7.62. The first-order chi connectivity index (χ1) is 14.5. The molecule has 0 aromatic carbocycles. The van der Waals surface area contributed by atoms with E-state index < -0.39 is 5.97 Å². The molecule has 30 heavy (non-hydrogen) atoms. The maximum atomic E-state index is 11.4. The van der Waals surface area contributed by atoms with Crippen molar-refractivity contribution in [3.63, 3.8) is 0 Å². The Morgan fingerprint density at radius 3 is 2.77 bits per heavy atom. The summed E-state index contributed by atoms with van der Waals surface area (Å²) in [7, 11) is 1.70. The number of nitrogens with zero attached hydrogens (tertiary/aromatic N) is 5. The fourth-order valence-corrected chi connectivity index (χ4v) is 3.76. The monoisotopic (exact) mass is 415 g/mol. The van der Waals surface area contributed by atoms with Crippen LogP contribution < -0.4 is 4.90 Å². The lowest BCUT2D eigenvalue weighted by atomic mass is 9.97. The molecule has 0 radical (unpaired) electrons. The molecule has 1 aliphatic heterocycles. The van der Waals surface area contributed by atoms with Gasteiger partial charge >= 0.3 is 5.97 Å². The predicted octanol–water partition coefficient (Wildman–Crippen LogP) is 3.27. The summed E-state index contributed by atoms with van der Waals surface area (Å²) < 4.78 is 7.17. The Hall–Kier alpha value is -2.48. The van der Waals surface area contributed by atoms with Crippen molar-refractivity contribution in [1.82, 2.24) is 19.7 Å². The molecule has 1 fully saturated rings. The summed E-state index contributed by atoms with van der Waals surface area (Å²) in [5, 5.41) is 13.8. The van der Waals surface area contributed by atoms with E-state index in [-0.39, 0.29) is 5.92 Å². The Kier molecular flexibility index (Phi) is 7.79. The van der Waals surface area contributed by atoms with Crippen LogP contribution in [-0.2, 0) is 22.5 Å². The molecule has 0 unspecified atom stereocenters. The van der Waals surface area contributed by atoms with Gasteiger partial charge in [0.2, 0.25) is 0 Å². The number of hydrogen-bond acceptors (Lipinski definition) is 6. The van der Waals surface area contributed by atoms with Gasteiger partial charge in [-0.15, -0.1) is 0 Å². The van der Waals surface area contributed by atoms with Crippen LogP contribution >= 0.6 is 0 Å². The molecule has 0 atom stereocenters. The molecule has 1 N–H and O–H groups in total. The Morgan fingerprint density at radius 2 is 2.10 bits per heavy atom. The Bertz CT molecular complexity index is 828. The molecule has 2 aromatic heterocycles. The van der Waals surface area contributed by atoms with Crippen molar-refractivity contribution in [2.45, 2.75) is 52.5 Å². The number of ether oxygens (including phenoxy) is 1. The minimum atomic E-state index is -0.707. The number of hydrogen-bond donors (Lipinski definition) is 1. The fraction of sp³-hybridized carbons (Fsp3) is 0.636. The quantitative estimate of drug-likeness (QED) is 0.595. The van der Waals surface area contributed by atoms with Gasteiger partial charge in [-0.3, -0.25) is 9.48 Å². The second kappa shape index (κ2) is 10.5. The summed E-state index contributed by atoms with van der Waals surface area (Å²) in [5.74, 6) is 0.436. The molecule has 0 saturated carbocycles. The highest BCUT2D eigenvalue weighted by Crippen LogP contribution is 2.31. The average molecular weight is 416 g/mol. The average Bonchev–Trinajstić information content (AvgIpc) is 3.21. The predicted molar refractivity (Wildman–Crippen MR) is 115 cm³/mol. The third kappa shape index (κ3) is 5.56. The zero-order valence-corrected chi connectivity index (χ0v) is 18.3. The second-order valence-electron chi connectivity index (χ2n) is 8.35. The van der Waals surface area contributed by atoms with Gasteiger partial charge in [-0.25, -0.2) is 9.97 Å². The SMILES string of the molecule is COCCCc1cnc(-c2ccnn2CCC(C)C)c(N2CCC(C(=O)O)CC2)n1. The normalized spacial score (nSPS) is 15.1. The van der Waals surface area contributed by atoms with Crippen LogP contribution in [0.3, 0.4) is 0 Å². The molecular formula is C22H33N5O3. The van der Waals surface area contributed by atoms with Gasteiger partial charge in [-0.05, 0) is 44.1 Å². The first kappa shape index (κ1) is 22.2. The van der Waals surface area contributed by atoms with Crippen molar-refractivity contribution in [1.29, 1.82) is 0 Å². The number of carboxylic acids is 1. The van der Waals surface area contributed by atoms with Crippen molar-refractivity contribution in [3.05, 3.63) is 24.2 Å². The van der Waals surface area contributed by atoms with Crippen LogP contribution in [0.4, 0.5) is 5.82 Å². The second-order valence-corrected chi connectivity index (χ2v) is 8.35. The van der Waals surface area contributed by atoms with Crippen molar-refractivity contribution in [2.24, 2.45) is 11.8 Å². The smallest absolute Gasteiger partial charge is 0.306 e. The summed E-state index contributed by atoms with van der Waals surface area (Å²) in [6.45, 7) is 7.26. The van der Waals surface area contributed by atoms with Gasteiger partial charge in [0.1, 0.15) is 5.69 Å². The van der Waals surface area contributed by atoms with Crippen LogP contribution in [0.5, 0.6) is 0 Å². The molecule has 3 heterocycles. The van der Waals surface area contributed by atoms with Crippen LogP contribution in [0, 0.1) is 11.8 Å². The van der Waals surface area contributed by atoms with Crippen molar-refractivity contribution in [3.8, 4) is 11.4 Å². The van der Waals surface area contributed by atoms with E-state index in [1.807, 2.05) is 23.1 Å². The summed E-state index contributed by atoms with van der Waals surface area (Å²) in [4.78, 5) is 23.3. The third-order valence-electron chi connectivity index (χ3n) is 5.61. The minimum absolute atomic E-state index is 0.279. The van der Waals surface area contributed by atoms with E-state index in [2.05, 4.69) is 23.8 Å². The van der Waals surface area contributed by atoms with Gasteiger partial charge < -0.3 is 14.7 Å². The van der Waals surface area contributed by atoms with E-state index in [0.717, 1.165) is 48.7 Å². The minimum Gasteiger partial charge on any atom is -0.481 e. The van der Waals surface area contributed by atoms with E-state index in [1.165, 1.54) is 0 Å².